The molecule has 0 aliphatic carbocycles. The Morgan fingerprint density at radius 1 is 1.53 bits per heavy atom. The van der Waals surface area contributed by atoms with Gasteiger partial charge in [-0.3, -0.25) is 4.79 Å². The lowest BCUT2D eigenvalue weighted by molar-refractivity contribution is -0.119. The minimum atomic E-state index is -3.85. The first-order valence-electron chi connectivity index (χ1n) is 4.94. The van der Waals surface area contributed by atoms with Gasteiger partial charge in [0.15, 0.2) is 5.03 Å². The molecule has 1 rings (SSSR count). The molecule has 0 fully saturated rings. The number of hydrogen-bond donors (Lipinski definition) is 3. The second kappa shape index (κ2) is 5.60. The summed E-state index contributed by atoms with van der Waals surface area (Å²) in [6, 6.07) is 2.95. The first-order valence-corrected chi connectivity index (χ1v) is 6.42. The number of rotatable bonds is 5. The van der Waals surface area contributed by atoms with Crippen LogP contribution in [0.15, 0.2) is 23.4 Å². The summed E-state index contributed by atoms with van der Waals surface area (Å²) in [4.78, 5) is 14.8. The van der Waals surface area contributed by atoms with Crippen LogP contribution in [-0.4, -0.2) is 32.4 Å². The van der Waals surface area contributed by atoms with Crippen molar-refractivity contribution in [1.29, 1.82) is 0 Å². The highest BCUT2D eigenvalue weighted by molar-refractivity contribution is 7.89. The SMILES string of the molecule is CCNC(=O)CNS(=O)(=O)c1ncccc1N. The Bertz CT molecular complexity index is 501. The third kappa shape index (κ3) is 3.68. The van der Waals surface area contributed by atoms with Gasteiger partial charge in [-0.05, 0) is 19.1 Å². The van der Waals surface area contributed by atoms with Crippen molar-refractivity contribution in [3.05, 3.63) is 18.3 Å². The Labute approximate surface area is 99.5 Å². The second-order valence-electron chi connectivity index (χ2n) is 3.18. The molecule has 0 aliphatic rings. The lowest BCUT2D eigenvalue weighted by Gasteiger charge is -2.07. The highest BCUT2D eigenvalue weighted by Gasteiger charge is 2.19. The number of carbonyl (C=O) groups is 1. The molecule has 0 saturated heterocycles. The Balaban J connectivity index is 2.77. The molecule has 0 aromatic carbocycles. The van der Waals surface area contributed by atoms with Crippen LogP contribution in [0.3, 0.4) is 0 Å². The van der Waals surface area contributed by atoms with Crippen LogP contribution in [0.1, 0.15) is 6.92 Å². The van der Waals surface area contributed by atoms with Crippen LogP contribution in [0.5, 0.6) is 0 Å². The molecule has 0 spiro atoms. The van der Waals surface area contributed by atoms with Gasteiger partial charge in [-0.25, -0.2) is 18.1 Å². The zero-order valence-corrected chi connectivity index (χ0v) is 10.1. The Hall–Kier alpha value is -1.67. The Kier molecular flexibility index (Phi) is 4.41. The highest BCUT2D eigenvalue weighted by atomic mass is 32.2. The molecule has 1 aromatic rings. The maximum atomic E-state index is 11.7. The summed E-state index contributed by atoms with van der Waals surface area (Å²) in [5.41, 5.74) is 5.53. The summed E-state index contributed by atoms with van der Waals surface area (Å²) >= 11 is 0. The van der Waals surface area contributed by atoms with E-state index in [1.54, 1.807) is 6.92 Å². The monoisotopic (exact) mass is 258 g/mol. The van der Waals surface area contributed by atoms with Gasteiger partial charge in [0.05, 0.1) is 12.2 Å². The first-order chi connectivity index (χ1) is 7.97. The van der Waals surface area contributed by atoms with Crippen molar-refractivity contribution >= 4 is 21.6 Å². The van der Waals surface area contributed by atoms with Crippen LogP contribution in [0, 0.1) is 0 Å². The standard InChI is InChI=1S/C9H14N4O3S/c1-2-11-8(14)6-13-17(15,16)9-7(10)4-3-5-12-9/h3-5,13H,2,6,10H2,1H3,(H,11,14). The number of hydrogen-bond acceptors (Lipinski definition) is 5. The molecule has 8 heteroatoms. The minimum absolute atomic E-state index is 0.0379. The van der Waals surface area contributed by atoms with Gasteiger partial charge in [0.1, 0.15) is 0 Å². The fourth-order valence-electron chi connectivity index (χ4n) is 1.12. The number of likely N-dealkylation sites (N-methyl/N-ethyl adjacent to an activating group) is 1. The summed E-state index contributed by atoms with van der Waals surface area (Å²) in [6.45, 7) is 1.83. The number of carbonyl (C=O) groups excluding carboxylic acids is 1. The molecule has 0 radical (unpaired) electrons. The number of nitrogens with one attached hydrogen (secondary N) is 2. The molecule has 0 unspecified atom stereocenters. The number of aromatic nitrogens is 1. The van der Waals surface area contributed by atoms with Crippen LogP contribution in [0.25, 0.3) is 0 Å². The maximum absolute atomic E-state index is 11.7. The fraction of sp³-hybridized carbons (Fsp3) is 0.333. The number of nitrogens with zero attached hydrogens (tertiary/aromatic N) is 1. The van der Waals surface area contributed by atoms with Gasteiger partial charge in [-0.15, -0.1) is 0 Å². The zero-order chi connectivity index (χ0) is 12.9. The van der Waals surface area contributed by atoms with Crippen LogP contribution < -0.4 is 15.8 Å². The maximum Gasteiger partial charge on any atom is 0.260 e. The van der Waals surface area contributed by atoms with Gasteiger partial charge in [0.2, 0.25) is 5.91 Å². The van der Waals surface area contributed by atoms with E-state index in [9.17, 15) is 13.2 Å². The van der Waals surface area contributed by atoms with E-state index in [1.165, 1.54) is 18.3 Å². The average molecular weight is 258 g/mol. The molecular weight excluding hydrogens is 244 g/mol. The van der Waals surface area contributed by atoms with Gasteiger partial charge in [-0.2, -0.15) is 0 Å². The largest absolute Gasteiger partial charge is 0.396 e. The number of nitrogen functional groups attached to an aromatic ring is 1. The molecule has 1 aromatic heterocycles. The van der Waals surface area contributed by atoms with Gasteiger partial charge in [0, 0.05) is 12.7 Å². The van der Waals surface area contributed by atoms with E-state index in [0.29, 0.717) is 6.54 Å². The number of sulfonamides is 1. The zero-order valence-electron chi connectivity index (χ0n) is 9.30. The van der Waals surface area contributed by atoms with Crippen molar-refractivity contribution in [3.63, 3.8) is 0 Å². The lowest BCUT2D eigenvalue weighted by Crippen LogP contribution is -2.37. The molecule has 4 N–H and O–H groups in total. The lowest BCUT2D eigenvalue weighted by atomic mass is 10.4. The van der Waals surface area contributed by atoms with Gasteiger partial charge >= 0.3 is 0 Å². The van der Waals surface area contributed by atoms with Crippen molar-refractivity contribution in [1.82, 2.24) is 15.0 Å². The van der Waals surface area contributed by atoms with E-state index in [1.807, 2.05) is 0 Å². The fourth-order valence-corrected chi connectivity index (χ4v) is 2.15. The summed E-state index contributed by atoms with van der Waals surface area (Å²) in [7, 11) is -3.85. The normalized spacial score (nSPS) is 11.1. The smallest absolute Gasteiger partial charge is 0.260 e. The van der Waals surface area contributed by atoms with Crippen LogP contribution in [0.2, 0.25) is 0 Å². The van der Waals surface area contributed by atoms with E-state index >= 15 is 0 Å². The number of nitrogens with two attached hydrogens (primary N) is 1. The first kappa shape index (κ1) is 13.4. The molecule has 0 saturated carbocycles. The molecule has 1 amide bonds. The van der Waals surface area contributed by atoms with Crippen molar-refractivity contribution in [3.8, 4) is 0 Å². The number of amides is 1. The van der Waals surface area contributed by atoms with E-state index in [4.69, 9.17) is 5.73 Å². The molecule has 1 heterocycles. The van der Waals surface area contributed by atoms with Crippen LogP contribution in [0.4, 0.5) is 5.69 Å². The molecule has 17 heavy (non-hydrogen) atoms. The Morgan fingerprint density at radius 2 is 2.24 bits per heavy atom. The summed E-state index contributed by atoms with van der Waals surface area (Å²) < 4.78 is 25.6. The van der Waals surface area contributed by atoms with Crippen molar-refractivity contribution in [2.24, 2.45) is 0 Å². The summed E-state index contributed by atoms with van der Waals surface area (Å²) in [5, 5.41) is 2.19. The molecule has 94 valence electrons. The molecule has 7 nitrogen and oxygen atoms in total. The average Bonchev–Trinajstić information content (AvgIpc) is 2.27. The van der Waals surface area contributed by atoms with Crippen molar-refractivity contribution < 1.29 is 13.2 Å². The van der Waals surface area contributed by atoms with Gasteiger partial charge in [-0.1, -0.05) is 0 Å². The van der Waals surface area contributed by atoms with Crippen molar-refractivity contribution in [2.45, 2.75) is 11.9 Å². The number of pyridine rings is 1. The topological polar surface area (TPSA) is 114 Å². The molecular formula is C9H14N4O3S. The van der Waals surface area contributed by atoms with Crippen LogP contribution in [-0.2, 0) is 14.8 Å². The van der Waals surface area contributed by atoms with E-state index in [-0.39, 0.29) is 17.3 Å². The van der Waals surface area contributed by atoms with Gasteiger partial charge in [0.25, 0.3) is 10.0 Å². The predicted octanol–water partition coefficient (Wildman–Crippen LogP) is -0.922. The second-order valence-corrected chi connectivity index (χ2v) is 4.86. The molecule has 0 bridgehead atoms. The minimum Gasteiger partial charge on any atom is -0.396 e. The third-order valence-corrected chi connectivity index (χ3v) is 3.23. The third-order valence-electron chi connectivity index (χ3n) is 1.85. The molecule has 0 aliphatic heterocycles. The van der Waals surface area contributed by atoms with E-state index < -0.39 is 15.9 Å². The quantitative estimate of drug-likeness (QED) is 0.632. The van der Waals surface area contributed by atoms with Crippen LogP contribution >= 0.6 is 0 Å². The molecule has 0 atom stereocenters. The van der Waals surface area contributed by atoms with E-state index in [2.05, 4.69) is 15.0 Å². The predicted molar refractivity (Wildman–Crippen MR) is 62.5 cm³/mol. The van der Waals surface area contributed by atoms with Crippen molar-refractivity contribution in [2.75, 3.05) is 18.8 Å². The summed E-state index contributed by atoms with van der Waals surface area (Å²) in [5.74, 6) is -0.412. The Morgan fingerprint density at radius 3 is 2.82 bits per heavy atom. The number of anilines is 1. The highest BCUT2D eigenvalue weighted by Crippen LogP contribution is 2.12. The van der Waals surface area contributed by atoms with E-state index in [0.717, 1.165) is 0 Å². The summed E-state index contributed by atoms with van der Waals surface area (Å²) in [6.07, 6.45) is 1.32. The van der Waals surface area contributed by atoms with Gasteiger partial charge < -0.3 is 11.1 Å².